The molecular formula is C12H15BrFNO. The molecule has 0 saturated carbocycles. The molecule has 1 saturated heterocycles. The van der Waals surface area contributed by atoms with Gasteiger partial charge in [-0.25, -0.2) is 4.39 Å². The zero-order valence-electron chi connectivity index (χ0n) is 9.17. The molecule has 1 heterocycles. The van der Waals surface area contributed by atoms with Crippen LogP contribution in [0, 0.1) is 11.7 Å². The molecule has 1 aromatic rings. The number of hydrogen-bond acceptors (Lipinski definition) is 2. The average Bonchev–Trinajstić information content (AvgIpc) is 2.75. The van der Waals surface area contributed by atoms with Crippen LogP contribution in [0.1, 0.15) is 18.0 Å². The van der Waals surface area contributed by atoms with E-state index >= 15 is 0 Å². The van der Waals surface area contributed by atoms with E-state index in [-0.39, 0.29) is 11.9 Å². The maximum atomic E-state index is 13.0. The van der Waals surface area contributed by atoms with Crippen LogP contribution in [0.5, 0.6) is 0 Å². The first-order chi connectivity index (χ1) is 7.72. The second kappa shape index (κ2) is 5.25. The second-order valence-electron chi connectivity index (χ2n) is 4.06. The van der Waals surface area contributed by atoms with Crippen molar-refractivity contribution in [1.82, 2.24) is 5.32 Å². The summed E-state index contributed by atoms with van der Waals surface area (Å²) in [5.74, 6) is 0.250. The molecule has 1 aliphatic heterocycles. The highest BCUT2D eigenvalue weighted by Crippen LogP contribution is 2.33. The Kier molecular flexibility index (Phi) is 3.95. The summed E-state index contributed by atoms with van der Waals surface area (Å²) < 4.78 is 19.2. The number of halogens is 2. The molecule has 1 N–H and O–H groups in total. The zero-order valence-corrected chi connectivity index (χ0v) is 10.8. The van der Waals surface area contributed by atoms with Gasteiger partial charge < -0.3 is 10.1 Å². The highest BCUT2D eigenvalue weighted by molar-refractivity contribution is 9.10. The molecule has 0 aliphatic carbocycles. The molecule has 0 amide bonds. The lowest BCUT2D eigenvalue weighted by molar-refractivity contribution is 0.177. The molecule has 16 heavy (non-hydrogen) atoms. The van der Waals surface area contributed by atoms with Crippen molar-refractivity contribution < 1.29 is 9.13 Å². The summed E-state index contributed by atoms with van der Waals surface area (Å²) in [6.45, 7) is 1.59. The standard InChI is InChI=1S/C12H15BrFNO/c1-15-12(8-4-5-16-7-8)10-3-2-9(14)6-11(10)13/h2-3,6,8,12,15H,4-5,7H2,1H3. The van der Waals surface area contributed by atoms with Crippen molar-refractivity contribution in [2.45, 2.75) is 12.5 Å². The SMILES string of the molecule is CNC(c1ccc(F)cc1Br)C1CCOC1. The summed E-state index contributed by atoms with van der Waals surface area (Å²) in [4.78, 5) is 0. The Hall–Kier alpha value is -0.450. The predicted molar refractivity (Wildman–Crippen MR) is 64.8 cm³/mol. The number of ether oxygens (including phenoxy) is 1. The fourth-order valence-corrected chi connectivity index (χ4v) is 2.81. The van der Waals surface area contributed by atoms with Gasteiger partial charge in [0.1, 0.15) is 5.82 Å². The summed E-state index contributed by atoms with van der Waals surface area (Å²) in [7, 11) is 1.93. The van der Waals surface area contributed by atoms with Crippen LogP contribution in [0.4, 0.5) is 4.39 Å². The normalized spacial score (nSPS) is 22.3. The summed E-state index contributed by atoms with van der Waals surface area (Å²) in [6.07, 6.45) is 1.05. The van der Waals surface area contributed by atoms with Crippen LogP contribution >= 0.6 is 15.9 Å². The fraction of sp³-hybridized carbons (Fsp3) is 0.500. The molecule has 1 fully saturated rings. The van der Waals surface area contributed by atoms with Gasteiger partial charge in [-0.05, 0) is 31.2 Å². The molecule has 0 bridgehead atoms. The van der Waals surface area contributed by atoms with Crippen molar-refractivity contribution in [2.75, 3.05) is 20.3 Å². The molecule has 2 atom stereocenters. The number of hydrogen-bond donors (Lipinski definition) is 1. The molecule has 1 aromatic carbocycles. The molecule has 0 radical (unpaired) electrons. The van der Waals surface area contributed by atoms with E-state index in [0.29, 0.717) is 5.92 Å². The number of rotatable bonds is 3. The molecule has 1 aliphatic rings. The third kappa shape index (κ3) is 2.44. The van der Waals surface area contributed by atoms with Gasteiger partial charge in [-0.1, -0.05) is 22.0 Å². The monoisotopic (exact) mass is 287 g/mol. The van der Waals surface area contributed by atoms with Crippen LogP contribution in [-0.2, 0) is 4.74 Å². The lowest BCUT2D eigenvalue weighted by Gasteiger charge is -2.23. The van der Waals surface area contributed by atoms with Gasteiger partial charge in [0.05, 0.1) is 6.61 Å². The second-order valence-corrected chi connectivity index (χ2v) is 4.91. The Morgan fingerprint density at radius 1 is 1.56 bits per heavy atom. The highest BCUT2D eigenvalue weighted by Gasteiger charge is 2.27. The van der Waals surface area contributed by atoms with Crippen LogP contribution in [0.3, 0.4) is 0 Å². The van der Waals surface area contributed by atoms with Gasteiger partial charge in [-0.3, -0.25) is 0 Å². The van der Waals surface area contributed by atoms with E-state index < -0.39 is 0 Å². The predicted octanol–water partition coefficient (Wildman–Crippen LogP) is 2.89. The Morgan fingerprint density at radius 2 is 2.38 bits per heavy atom. The molecule has 2 rings (SSSR count). The molecule has 0 aromatic heterocycles. The largest absolute Gasteiger partial charge is 0.381 e. The Balaban J connectivity index is 2.25. The lowest BCUT2D eigenvalue weighted by atomic mass is 9.92. The van der Waals surface area contributed by atoms with Crippen molar-refractivity contribution in [3.8, 4) is 0 Å². The zero-order chi connectivity index (χ0) is 11.5. The minimum atomic E-state index is -0.215. The summed E-state index contributed by atoms with van der Waals surface area (Å²) in [5, 5.41) is 3.29. The van der Waals surface area contributed by atoms with Crippen molar-refractivity contribution in [2.24, 2.45) is 5.92 Å². The van der Waals surface area contributed by atoms with E-state index in [0.717, 1.165) is 29.7 Å². The first-order valence-electron chi connectivity index (χ1n) is 5.42. The third-order valence-corrected chi connectivity index (χ3v) is 3.73. The Morgan fingerprint density at radius 3 is 2.94 bits per heavy atom. The van der Waals surface area contributed by atoms with Crippen LogP contribution < -0.4 is 5.32 Å². The first-order valence-corrected chi connectivity index (χ1v) is 6.21. The highest BCUT2D eigenvalue weighted by atomic mass is 79.9. The average molecular weight is 288 g/mol. The first kappa shape index (κ1) is 12.0. The van der Waals surface area contributed by atoms with E-state index in [1.165, 1.54) is 12.1 Å². The van der Waals surface area contributed by atoms with Crippen molar-refractivity contribution in [3.63, 3.8) is 0 Å². The van der Waals surface area contributed by atoms with E-state index in [9.17, 15) is 4.39 Å². The summed E-state index contributed by atoms with van der Waals surface area (Å²) in [6, 6.07) is 5.06. The molecule has 4 heteroatoms. The van der Waals surface area contributed by atoms with E-state index in [1.54, 1.807) is 0 Å². The van der Waals surface area contributed by atoms with Gasteiger partial charge in [0.15, 0.2) is 0 Å². The Labute approximate surface area is 103 Å². The smallest absolute Gasteiger partial charge is 0.124 e. The Bertz CT molecular complexity index is 366. The summed E-state index contributed by atoms with van der Waals surface area (Å²) in [5.41, 5.74) is 1.10. The van der Waals surface area contributed by atoms with Crippen LogP contribution in [0.2, 0.25) is 0 Å². The van der Waals surface area contributed by atoms with Crippen LogP contribution in [-0.4, -0.2) is 20.3 Å². The third-order valence-electron chi connectivity index (χ3n) is 3.04. The van der Waals surface area contributed by atoms with Crippen LogP contribution in [0.15, 0.2) is 22.7 Å². The molecule has 0 spiro atoms. The van der Waals surface area contributed by atoms with E-state index in [2.05, 4.69) is 21.2 Å². The molecular weight excluding hydrogens is 273 g/mol. The van der Waals surface area contributed by atoms with Crippen LogP contribution in [0.25, 0.3) is 0 Å². The van der Waals surface area contributed by atoms with Crippen molar-refractivity contribution in [1.29, 1.82) is 0 Å². The van der Waals surface area contributed by atoms with Gasteiger partial charge in [-0.15, -0.1) is 0 Å². The van der Waals surface area contributed by atoms with E-state index in [4.69, 9.17) is 4.74 Å². The summed E-state index contributed by atoms with van der Waals surface area (Å²) >= 11 is 3.41. The van der Waals surface area contributed by atoms with Gasteiger partial charge >= 0.3 is 0 Å². The lowest BCUT2D eigenvalue weighted by Crippen LogP contribution is -2.25. The topological polar surface area (TPSA) is 21.3 Å². The number of benzene rings is 1. The van der Waals surface area contributed by atoms with Crippen molar-refractivity contribution >= 4 is 15.9 Å². The maximum absolute atomic E-state index is 13.0. The minimum Gasteiger partial charge on any atom is -0.381 e. The molecule has 2 unspecified atom stereocenters. The van der Waals surface area contributed by atoms with Gasteiger partial charge in [0.2, 0.25) is 0 Å². The molecule has 2 nitrogen and oxygen atoms in total. The number of nitrogens with one attached hydrogen (secondary N) is 1. The quantitative estimate of drug-likeness (QED) is 0.923. The fourth-order valence-electron chi connectivity index (χ4n) is 2.21. The van der Waals surface area contributed by atoms with E-state index in [1.807, 2.05) is 13.1 Å². The van der Waals surface area contributed by atoms with Gasteiger partial charge in [0.25, 0.3) is 0 Å². The van der Waals surface area contributed by atoms with Crippen molar-refractivity contribution in [3.05, 3.63) is 34.1 Å². The van der Waals surface area contributed by atoms with Gasteiger partial charge in [0, 0.05) is 23.0 Å². The van der Waals surface area contributed by atoms with Gasteiger partial charge in [-0.2, -0.15) is 0 Å². The minimum absolute atomic E-state index is 0.215. The maximum Gasteiger partial charge on any atom is 0.124 e. The molecule has 88 valence electrons.